The Morgan fingerprint density at radius 3 is 2.40 bits per heavy atom. The molecule has 4 N–H and O–H groups in total. The molecule has 0 saturated heterocycles. The van der Waals surface area contributed by atoms with Crippen molar-refractivity contribution in [2.75, 3.05) is 7.11 Å². The largest absolute Gasteiger partial charge is 0.500 e. The normalized spacial score (nSPS) is 16.9. The second-order valence-corrected chi connectivity index (χ2v) is 4.69. The molecule has 0 amide bonds. The van der Waals surface area contributed by atoms with E-state index in [0.29, 0.717) is 11.3 Å². The van der Waals surface area contributed by atoms with Crippen molar-refractivity contribution in [3.63, 3.8) is 0 Å². The lowest BCUT2D eigenvalue weighted by Crippen LogP contribution is -2.49. The molecule has 0 atom stereocenters. The lowest BCUT2D eigenvalue weighted by Gasteiger charge is -2.26. The van der Waals surface area contributed by atoms with Crippen molar-refractivity contribution in [3.8, 4) is 0 Å². The zero-order valence-electron chi connectivity index (χ0n) is 11.1. The Morgan fingerprint density at radius 2 is 1.80 bits per heavy atom. The van der Waals surface area contributed by atoms with Gasteiger partial charge in [0.15, 0.2) is 0 Å². The molecule has 0 aliphatic heterocycles. The maximum absolute atomic E-state index is 12.3. The molecule has 1 aliphatic rings. The van der Waals surface area contributed by atoms with Crippen LogP contribution in [0.15, 0.2) is 53.8 Å². The number of methoxy groups -OCH3 is 1. The first kappa shape index (κ1) is 14.2. The van der Waals surface area contributed by atoms with Gasteiger partial charge in [-0.3, -0.25) is 9.59 Å². The number of Topliss-reactive ketones (excluding diaryl/α,β-unsaturated/α-hetero) is 2. The molecule has 1 aromatic carbocycles. The molecule has 5 heteroatoms. The van der Waals surface area contributed by atoms with Crippen LogP contribution in [0.3, 0.4) is 0 Å². The van der Waals surface area contributed by atoms with E-state index in [9.17, 15) is 9.59 Å². The Labute approximate surface area is 116 Å². The van der Waals surface area contributed by atoms with Crippen LogP contribution in [0.4, 0.5) is 0 Å². The molecular formula is C15H16N2O3. The van der Waals surface area contributed by atoms with Gasteiger partial charge >= 0.3 is 0 Å². The summed E-state index contributed by atoms with van der Waals surface area (Å²) in [6.07, 6.45) is 3.12. The minimum atomic E-state index is -1.06. The summed E-state index contributed by atoms with van der Waals surface area (Å²) in [5.41, 5.74) is 11.0. The zero-order chi connectivity index (χ0) is 14.8. The molecule has 1 aliphatic carbocycles. The van der Waals surface area contributed by atoms with Gasteiger partial charge in [-0.2, -0.15) is 0 Å². The molecule has 0 spiro atoms. The third-order valence-electron chi connectivity index (χ3n) is 3.06. The number of benzene rings is 1. The van der Waals surface area contributed by atoms with E-state index in [-0.39, 0.29) is 12.0 Å². The van der Waals surface area contributed by atoms with E-state index in [1.54, 1.807) is 30.3 Å². The van der Waals surface area contributed by atoms with Gasteiger partial charge in [-0.15, -0.1) is 0 Å². The smallest absolute Gasteiger partial charge is 0.236 e. The molecule has 0 aromatic heterocycles. The van der Waals surface area contributed by atoms with E-state index in [1.165, 1.54) is 19.3 Å². The molecule has 0 heterocycles. The lowest BCUT2D eigenvalue weighted by atomic mass is 9.91. The van der Waals surface area contributed by atoms with Crippen LogP contribution in [-0.2, 0) is 9.53 Å². The van der Waals surface area contributed by atoms with Crippen molar-refractivity contribution in [2.45, 2.75) is 12.1 Å². The number of allylic oxidation sites excluding steroid dienone is 2. The minimum Gasteiger partial charge on any atom is -0.500 e. The lowest BCUT2D eigenvalue weighted by molar-refractivity contribution is -0.111. The number of carbonyl (C=O) groups excluding carboxylic acids is 2. The van der Waals surface area contributed by atoms with Crippen LogP contribution < -0.4 is 11.5 Å². The van der Waals surface area contributed by atoms with Crippen molar-refractivity contribution in [3.05, 3.63) is 59.4 Å². The molecule has 2 rings (SSSR count). The third kappa shape index (κ3) is 2.84. The van der Waals surface area contributed by atoms with E-state index in [1.807, 2.05) is 0 Å². The molecule has 0 radical (unpaired) electrons. The first-order chi connectivity index (χ1) is 9.44. The second kappa shape index (κ2) is 5.40. The van der Waals surface area contributed by atoms with Crippen LogP contribution >= 0.6 is 0 Å². The van der Waals surface area contributed by atoms with Gasteiger partial charge in [0.2, 0.25) is 11.6 Å². The predicted octanol–water partition coefficient (Wildman–Crippen LogP) is 0.913. The van der Waals surface area contributed by atoms with Gasteiger partial charge in [-0.25, -0.2) is 0 Å². The van der Waals surface area contributed by atoms with Crippen LogP contribution in [0.2, 0.25) is 0 Å². The van der Waals surface area contributed by atoms with Gasteiger partial charge in [-0.1, -0.05) is 30.3 Å². The SMILES string of the molecule is COC1=C(C(=O)C(=O)c2ccccc2)C=CC(N)(N)C1. The Kier molecular flexibility index (Phi) is 3.83. The summed E-state index contributed by atoms with van der Waals surface area (Å²) in [7, 11) is 1.42. The summed E-state index contributed by atoms with van der Waals surface area (Å²) in [6.45, 7) is 0. The van der Waals surface area contributed by atoms with Crippen LogP contribution in [0.5, 0.6) is 0 Å². The fraction of sp³-hybridized carbons (Fsp3) is 0.200. The number of nitrogens with two attached hydrogens (primary N) is 2. The predicted molar refractivity (Wildman–Crippen MR) is 74.7 cm³/mol. The molecule has 0 bridgehead atoms. The molecule has 0 saturated carbocycles. The van der Waals surface area contributed by atoms with Crippen molar-refractivity contribution in [1.29, 1.82) is 0 Å². The fourth-order valence-corrected chi connectivity index (χ4v) is 1.99. The first-order valence-corrected chi connectivity index (χ1v) is 6.13. The number of hydrogen-bond acceptors (Lipinski definition) is 5. The number of carbonyl (C=O) groups is 2. The maximum atomic E-state index is 12.3. The van der Waals surface area contributed by atoms with Gasteiger partial charge in [-0.05, 0) is 12.2 Å². The van der Waals surface area contributed by atoms with E-state index in [0.717, 1.165) is 0 Å². The molecule has 5 nitrogen and oxygen atoms in total. The highest BCUT2D eigenvalue weighted by Crippen LogP contribution is 2.24. The Bertz CT molecular complexity index is 601. The standard InChI is InChI=1S/C15H16N2O3/c1-20-12-9-15(16,17)8-7-11(12)14(19)13(18)10-5-3-2-4-6-10/h2-8H,9,16-17H2,1H3. The monoisotopic (exact) mass is 272 g/mol. The topological polar surface area (TPSA) is 95.4 Å². The average Bonchev–Trinajstić information content (AvgIpc) is 2.45. The Hall–Kier alpha value is -2.24. The number of ketones is 2. The Balaban J connectivity index is 2.32. The number of ether oxygens (including phenoxy) is 1. The third-order valence-corrected chi connectivity index (χ3v) is 3.06. The summed E-state index contributed by atoms with van der Waals surface area (Å²) in [5, 5.41) is 0. The summed E-state index contributed by atoms with van der Waals surface area (Å²) in [5.74, 6) is -0.882. The maximum Gasteiger partial charge on any atom is 0.236 e. The van der Waals surface area contributed by atoms with E-state index in [2.05, 4.69) is 0 Å². The molecule has 1 aromatic rings. The van der Waals surface area contributed by atoms with Gasteiger partial charge in [0.05, 0.1) is 18.3 Å². The van der Waals surface area contributed by atoms with Crippen molar-refractivity contribution >= 4 is 11.6 Å². The van der Waals surface area contributed by atoms with Crippen LogP contribution in [0.1, 0.15) is 16.8 Å². The zero-order valence-corrected chi connectivity index (χ0v) is 11.1. The van der Waals surface area contributed by atoms with Gasteiger partial charge in [0.1, 0.15) is 5.76 Å². The highest BCUT2D eigenvalue weighted by molar-refractivity contribution is 6.49. The summed E-state index contributed by atoms with van der Waals surface area (Å²) in [4.78, 5) is 24.4. The highest BCUT2D eigenvalue weighted by Gasteiger charge is 2.30. The molecule has 0 fully saturated rings. The van der Waals surface area contributed by atoms with Crippen LogP contribution in [0.25, 0.3) is 0 Å². The highest BCUT2D eigenvalue weighted by atomic mass is 16.5. The Morgan fingerprint density at radius 1 is 1.15 bits per heavy atom. The second-order valence-electron chi connectivity index (χ2n) is 4.69. The summed E-state index contributed by atoms with van der Waals surface area (Å²) >= 11 is 0. The average molecular weight is 272 g/mol. The van der Waals surface area contributed by atoms with Crippen LogP contribution in [0, 0.1) is 0 Å². The first-order valence-electron chi connectivity index (χ1n) is 6.13. The molecule has 20 heavy (non-hydrogen) atoms. The van der Waals surface area contributed by atoms with Gasteiger partial charge in [0.25, 0.3) is 0 Å². The molecule has 0 unspecified atom stereocenters. The summed E-state index contributed by atoms with van der Waals surface area (Å²) in [6, 6.07) is 8.37. The fourth-order valence-electron chi connectivity index (χ4n) is 1.99. The quantitative estimate of drug-likeness (QED) is 0.482. The van der Waals surface area contributed by atoms with E-state index < -0.39 is 17.2 Å². The minimum absolute atomic E-state index is 0.170. The van der Waals surface area contributed by atoms with Gasteiger partial charge < -0.3 is 16.2 Å². The number of rotatable bonds is 4. The van der Waals surface area contributed by atoms with E-state index >= 15 is 0 Å². The van der Waals surface area contributed by atoms with Crippen molar-refractivity contribution < 1.29 is 14.3 Å². The molecular weight excluding hydrogens is 256 g/mol. The number of hydrogen-bond donors (Lipinski definition) is 2. The van der Waals surface area contributed by atoms with Gasteiger partial charge in [0, 0.05) is 12.0 Å². The summed E-state index contributed by atoms with van der Waals surface area (Å²) < 4.78 is 5.14. The van der Waals surface area contributed by atoms with E-state index in [4.69, 9.17) is 16.2 Å². The van der Waals surface area contributed by atoms with Crippen LogP contribution in [-0.4, -0.2) is 24.3 Å². The molecule has 104 valence electrons. The van der Waals surface area contributed by atoms with Crippen molar-refractivity contribution in [2.24, 2.45) is 11.5 Å². The van der Waals surface area contributed by atoms with Crippen molar-refractivity contribution in [1.82, 2.24) is 0 Å².